The third-order valence-corrected chi connectivity index (χ3v) is 3.05. The number of ether oxygens (including phenoxy) is 2. The third-order valence-electron chi connectivity index (χ3n) is 3.05. The highest BCUT2D eigenvalue weighted by Gasteiger charge is 2.13. The van der Waals surface area contributed by atoms with Crippen molar-refractivity contribution in [3.63, 3.8) is 0 Å². The standard InChI is InChI=1S/C15H25N3O3/c1-3-20-11-9-18(10-12-21-4-2)14-8-6-5-7-13(14)15(16)17-19/h5-8,19H,3-4,9-12H2,1-2H3,(H2,16,17). The summed E-state index contributed by atoms with van der Waals surface area (Å²) in [6.45, 7) is 7.97. The van der Waals surface area contributed by atoms with E-state index in [2.05, 4.69) is 10.1 Å². The molecule has 6 heteroatoms. The van der Waals surface area contributed by atoms with Crippen LogP contribution in [0.1, 0.15) is 19.4 Å². The summed E-state index contributed by atoms with van der Waals surface area (Å²) < 4.78 is 10.9. The number of benzene rings is 1. The molecule has 0 fully saturated rings. The molecule has 1 rings (SSSR count). The van der Waals surface area contributed by atoms with Gasteiger partial charge in [0.25, 0.3) is 0 Å². The predicted molar refractivity (Wildman–Crippen MR) is 84.2 cm³/mol. The molecule has 0 unspecified atom stereocenters. The number of anilines is 1. The van der Waals surface area contributed by atoms with Crippen LogP contribution in [0.4, 0.5) is 5.69 Å². The van der Waals surface area contributed by atoms with Crippen LogP contribution in [0.15, 0.2) is 29.4 Å². The maximum atomic E-state index is 8.92. The molecule has 0 radical (unpaired) electrons. The minimum atomic E-state index is 0.100. The van der Waals surface area contributed by atoms with Crippen LogP contribution in [-0.4, -0.2) is 50.6 Å². The highest BCUT2D eigenvalue weighted by molar-refractivity contribution is 6.02. The summed E-state index contributed by atoms with van der Waals surface area (Å²) in [5, 5.41) is 12.0. The van der Waals surface area contributed by atoms with Crippen LogP contribution in [0.2, 0.25) is 0 Å². The number of rotatable bonds is 10. The summed E-state index contributed by atoms with van der Waals surface area (Å²) in [5.74, 6) is 0.100. The molecule has 3 N–H and O–H groups in total. The Morgan fingerprint density at radius 1 is 1.14 bits per heavy atom. The average molecular weight is 295 g/mol. The second kappa shape index (κ2) is 10.0. The van der Waals surface area contributed by atoms with Crippen molar-refractivity contribution in [2.45, 2.75) is 13.8 Å². The van der Waals surface area contributed by atoms with Gasteiger partial charge in [0.2, 0.25) is 0 Å². The smallest absolute Gasteiger partial charge is 0.172 e. The molecule has 6 nitrogen and oxygen atoms in total. The minimum Gasteiger partial charge on any atom is -0.409 e. The number of para-hydroxylation sites is 1. The molecule has 0 heterocycles. The summed E-state index contributed by atoms with van der Waals surface area (Å²) in [7, 11) is 0. The largest absolute Gasteiger partial charge is 0.409 e. The van der Waals surface area contributed by atoms with Crippen molar-refractivity contribution < 1.29 is 14.7 Å². The highest BCUT2D eigenvalue weighted by atomic mass is 16.5. The van der Waals surface area contributed by atoms with Gasteiger partial charge in [0.1, 0.15) is 0 Å². The Hall–Kier alpha value is -1.79. The molecule has 0 amide bonds. The van der Waals surface area contributed by atoms with Gasteiger partial charge in [-0.1, -0.05) is 17.3 Å². The van der Waals surface area contributed by atoms with Crippen molar-refractivity contribution in [1.82, 2.24) is 0 Å². The Morgan fingerprint density at radius 3 is 2.24 bits per heavy atom. The van der Waals surface area contributed by atoms with Crippen LogP contribution in [0.5, 0.6) is 0 Å². The van der Waals surface area contributed by atoms with Crippen LogP contribution in [0, 0.1) is 0 Å². The molecule has 1 aromatic carbocycles. The zero-order chi connectivity index (χ0) is 15.5. The van der Waals surface area contributed by atoms with E-state index in [1.807, 2.05) is 38.1 Å². The SMILES string of the molecule is CCOCCN(CCOCC)c1ccccc1/C(N)=N/O. The van der Waals surface area contributed by atoms with Crippen molar-refractivity contribution in [3.8, 4) is 0 Å². The molecule has 21 heavy (non-hydrogen) atoms. The van der Waals surface area contributed by atoms with Gasteiger partial charge in [0.05, 0.1) is 13.2 Å². The number of amidine groups is 1. The maximum absolute atomic E-state index is 8.92. The lowest BCUT2D eigenvalue weighted by molar-refractivity contribution is 0.141. The molecule has 0 spiro atoms. The summed E-state index contributed by atoms with van der Waals surface area (Å²) in [5.41, 5.74) is 7.36. The molecule has 0 aliphatic carbocycles. The van der Waals surface area contributed by atoms with Crippen LogP contribution >= 0.6 is 0 Å². The second-order valence-corrected chi connectivity index (χ2v) is 4.38. The summed E-state index contributed by atoms with van der Waals surface area (Å²) in [6.07, 6.45) is 0. The van der Waals surface area contributed by atoms with E-state index in [-0.39, 0.29) is 5.84 Å². The Bertz CT molecular complexity index is 428. The van der Waals surface area contributed by atoms with E-state index < -0.39 is 0 Å². The van der Waals surface area contributed by atoms with Gasteiger partial charge in [-0.2, -0.15) is 0 Å². The van der Waals surface area contributed by atoms with Gasteiger partial charge in [0.15, 0.2) is 5.84 Å². The topological polar surface area (TPSA) is 80.3 Å². The average Bonchev–Trinajstić information content (AvgIpc) is 2.53. The van der Waals surface area contributed by atoms with Crippen LogP contribution < -0.4 is 10.6 Å². The molecule has 0 aliphatic heterocycles. The molecule has 0 saturated carbocycles. The van der Waals surface area contributed by atoms with Crippen molar-refractivity contribution in [2.75, 3.05) is 44.4 Å². The lowest BCUT2D eigenvalue weighted by Crippen LogP contribution is -2.33. The number of hydrogen-bond donors (Lipinski definition) is 2. The van der Waals surface area contributed by atoms with Crippen molar-refractivity contribution >= 4 is 11.5 Å². The van der Waals surface area contributed by atoms with Crippen molar-refractivity contribution in [3.05, 3.63) is 29.8 Å². The first-order valence-electron chi connectivity index (χ1n) is 7.21. The first-order valence-corrected chi connectivity index (χ1v) is 7.21. The van der Waals surface area contributed by atoms with E-state index in [0.717, 1.165) is 18.8 Å². The van der Waals surface area contributed by atoms with Crippen LogP contribution in [-0.2, 0) is 9.47 Å². The van der Waals surface area contributed by atoms with Gasteiger partial charge in [0, 0.05) is 37.6 Å². The van der Waals surface area contributed by atoms with E-state index in [0.29, 0.717) is 32.0 Å². The Labute approximate surface area is 126 Å². The van der Waals surface area contributed by atoms with E-state index in [1.165, 1.54) is 0 Å². The number of nitrogens with zero attached hydrogens (tertiary/aromatic N) is 2. The molecule has 0 bridgehead atoms. The zero-order valence-electron chi connectivity index (χ0n) is 12.8. The lowest BCUT2D eigenvalue weighted by atomic mass is 10.1. The third kappa shape index (κ3) is 5.61. The van der Waals surface area contributed by atoms with Gasteiger partial charge in [-0.15, -0.1) is 0 Å². The molecule has 118 valence electrons. The highest BCUT2D eigenvalue weighted by Crippen LogP contribution is 2.20. The number of oxime groups is 1. The molecule has 1 aromatic rings. The van der Waals surface area contributed by atoms with Gasteiger partial charge in [-0.25, -0.2) is 0 Å². The van der Waals surface area contributed by atoms with E-state index in [1.54, 1.807) is 0 Å². The van der Waals surface area contributed by atoms with Gasteiger partial charge in [-0.3, -0.25) is 0 Å². The summed E-state index contributed by atoms with van der Waals surface area (Å²) in [6, 6.07) is 7.57. The summed E-state index contributed by atoms with van der Waals surface area (Å²) in [4.78, 5) is 2.12. The Morgan fingerprint density at radius 2 is 1.71 bits per heavy atom. The first kappa shape index (κ1) is 17.3. The normalized spacial score (nSPS) is 11.6. The Balaban J connectivity index is 2.89. The van der Waals surface area contributed by atoms with Gasteiger partial charge >= 0.3 is 0 Å². The fourth-order valence-corrected chi connectivity index (χ4v) is 2.01. The maximum Gasteiger partial charge on any atom is 0.172 e. The fraction of sp³-hybridized carbons (Fsp3) is 0.533. The predicted octanol–water partition coefficient (Wildman–Crippen LogP) is 1.66. The monoisotopic (exact) mass is 295 g/mol. The van der Waals surface area contributed by atoms with E-state index in [4.69, 9.17) is 20.4 Å². The van der Waals surface area contributed by atoms with Gasteiger partial charge < -0.3 is 25.3 Å². The Kier molecular flexibility index (Phi) is 8.23. The minimum absolute atomic E-state index is 0.100. The molecule has 0 saturated heterocycles. The quantitative estimate of drug-likeness (QED) is 0.226. The van der Waals surface area contributed by atoms with Crippen LogP contribution in [0.25, 0.3) is 0 Å². The van der Waals surface area contributed by atoms with E-state index in [9.17, 15) is 0 Å². The van der Waals surface area contributed by atoms with E-state index >= 15 is 0 Å². The van der Waals surface area contributed by atoms with Crippen LogP contribution in [0.3, 0.4) is 0 Å². The first-order chi connectivity index (χ1) is 10.2. The molecular formula is C15H25N3O3. The molecule has 0 atom stereocenters. The summed E-state index contributed by atoms with van der Waals surface area (Å²) >= 11 is 0. The van der Waals surface area contributed by atoms with Crippen molar-refractivity contribution in [1.29, 1.82) is 0 Å². The second-order valence-electron chi connectivity index (χ2n) is 4.38. The zero-order valence-corrected chi connectivity index (χ0v) is 12.8. The number of hydrogen-bond acceptors (Lipinski definition) is 5. The fourth-order valence-electron chi connectivity index (χ4n) is 2.01. The number of nitrogens with two attached hydrogens (primary N) is 1. The van der Waals surface area contributed by atoms with Crippen molar-refractivity contribution in [2.24, 2.45) is 10.9 Å². The molecule has 0 aromatic heterocycles. The van der Waals surface area contributed by atoms with Gasteiger partial charge in [-0.05, 0) is 26.0 Å². The lowest BCUT2D eigenvalue weighted by Gasteiger charge is -2.26. The molecule has 0 aliphatic rings. The molecular weight excluding hydrogens is 270 g/mol.